The van der Waals surface area contributed by atoms with Crippen molar-refractivity contribution in [1.82, 2.24) is 20.5 Å². The zero-order chi connectivity index (χ0) is 23.1. The van der Waals surface area contributed by atoms with Crippen LogP contribution in [0.2, 0.25) is 0 Å². The fraction of sp³-hybridized carbons (Fsp3) is 0.400. The van der Waals surface area contributed by atoms with Crippen LogP contribution in [0.5, 0.6) is 0 Å². The molecule has 0 aliphatic carbocycles. The van der Waals surface area contributed by atoms with Crippen molar-refractivity contribution in [1.29, 1.82) is 0 Å². The second-order valence-corrected chi connectivity index (χ2v) is 11.3. The van der Waals surface area contributed by atoms with Crippen LogP contribution in [0, 0.1) is 0 Å². The van der Waals surface area contributed by atoms with Crippen molar-refractivity contribution in [2.75, 3.05) is 31.5 Å². The molecule has 2 saturated heterocycles. The molecule has 7 nitrogen and oxygen atoms in total. The molecule has 0 bridgehead atoms. The van der Waals surface area contributed by atoms with Crippen molar-refractivity contribution in [3.63, 3.8) is 0 Å². The van der Waals surface area contributed by atoms with E-state index in [0.717, 1.165) is 48.9 Å². The molecular weight excluding hydrogens is 466 g/mol. The molecule has 2 fully saturated rings. The van der Waals surface area contributed by atoms with Gasteiger partial charge in [0.25, 0.3) is 5.91 Å². The van der Waals surface area contributed by atoms with Crippen molar-refractivity contribution in [3.8, 4) is 10.4 Å². The highest BCUT2D eigenvalue weighted by atomic mass is 32.1. The lowest BCUT2D eigenvalue weighted by Gasteiger charge is -2.37. The van der Waals surface area contributed by atoms with Crippen LogP contribution < -0.4 is 16.0 Å². The molecule has 0 unspecified atom stereocenters. The highest BCUT2D eigenvalue weighted by molar-refractivity contribution is 7.18. The third-order valence-electron chi connectivity index (χ3n) is 6.86. The Bertz CT molecular complexity index is 1220. The second-order valence-electron chi connectivity index (χ2n) is 9.18. The average Bonchev–Trinajstić information content (AvgIpc) is 3.59. The van der Waals surface area contributed by atoms with E-state index in [1.807, 2.05) is 23.2 Å². The van der Waals surface area contributed by atoms with Crippen LogP contribution in [0.1, 0.15) is 44.6 Å². The zero-order valence-corrected chi connectivity index (χ0v) is 20.4. The van der Waals surface area contributed by atoms with Crippen LogP contribution in [0.3, 0.4) is 0 Å². The highest BCUT2D eigenvalue weighted by Gasteiger charge is 2.35. The number of rotatable bonds is 5. The Morgan fingerprint density at radius 1 is 1.09 bits per heavy atom. The number of nitrogens with zero attached hydrogens (tertiary/aromatic N) is 2. The lowest BCUT2D eigenvalue weighted by atomic mass is 9.98. The van der Waals surface area contributed by atoms with Gasteiger partial charge in [-0.1, -0.05) is 12.1 Å². The molecule has 0 saturated carbocycles. The minimum atomic E-state index is -0.126. The molecule has 5 heterocycles. The summed E-state index contributed by atoms with van der Waals surface area (Å²) < 4.78 is 0. The number of hydrogen-bond donors (Lipinski definition) is 3. The van der Waals surface area contributed by atoms with E-state index in [1.54, 1.807) is 11.3 Å². The molecule has 3 aromatic rings. The van der Waals surface area contributed by atoms with Gasteiger partial charge in [-0.3, -0.25) is 9.59 Å². The highest BCUT2D eigenvalue weighted by Crippen LogP contribution is 2.36. The number of anilines is 1. The molecule has 3 N–H and O–H groups in total. The molecule has 1 aromatic carbocycles. The summed E-state index contributed by atoms with van der Waals surface area (Å²) in [6, 6.07) is 10.2. The van der Waals surface area contributed by atoms with Gasteiger partial charge in [0, 0.05) is 31.7 Å². The number of aromatic nitrogens is 1. The number of amides is 2. The largest absolute Gasteiger partial charge is 0.336 e. The Balaban J connectivity index is 1.06. The monoisotopic (exact) mass is 493 g/mol. The molecular formula is C25H27N5O2S2. The van der Waals surface area contributed by atoms with Gasteiger partial charge in [-0.25, -0.2) is 4.98 Å². The Hall–Kier alpha value is -2.59. The van der Waals surface area contributed by atoms with Crippen LogP contribution in [0.15, 0.2) is 36.5 Å². The number of carbonyl (C=O) groups excluding carboxylic acids is 2. The Kier molecular flexibility index (Phi) is 5.94. The first-order valence-electron chi connectivity index (χ1n) is 11.9. The Labute approximate surface area is 206 Å². The van der Waals surface area contributed by atoms with E-state index in [2.05, 4.69) is 39.1 Å². The fourth-order valence-corrected chi connectivity index (χ4v) is 6.71. The molecule has 3 aliphatic heterocycles. The SMILES string of the molecule is O=C(Nc1ccc(C(=O)N2CC(c3ncc(-c4ccc5c(c4)CNCC5)s3)C2)s1)[C@@H]1CCCN1. The van der Waals surface area contributed by atoms with Gasteiger partial charge < -0.3 is 20.9 Å². The smallest absolute Gasteiger partial charge is 0.264 e. The third kappa shape index (κ3) is 4.29. The first-order valence-corrected chi connectivity index (χ1v) is 13.5. The van der Waals surface area contributed by atoms with E-state index < -0.39 is 0 Å². The van der Waals surface area contributed by atoms with Gasteiger partial charge in [0.15, 0.2) is 0 Å². The second kappa shape index (κ2) is 9.22. The number of hydrogen-bond acceptors (Lipinski definition) is 7. The number of benzene rings is 1. The van der Waals surface area contributed by atoms with E-state index in [1.165, 1.54) is 32.9 Å². The van der Waals surface area contributed by atoms with Crippen molar-refractivity contribution >= 4 is 39.5 Å². The molecule has 0 radical (unpaired) electrons. The molecule has 0 spiro atoms. The van der Waals surface area contributed by atoms with Crippen molar-refractivity contribution in [3.05, 3.63) is 57.5 Å². The Morgan fingerprint density at radius 2 is 2.00 bits per heavy atom. The topological polar surface area (TPSA) is 86.4 Å². The van der Waals surface area contributed by atoms with Crippen molar-refractivity contribution in [2.45, 2.75) is 37.8 Å². The summed E-state index contributed by atoms with van der Waals surface area (Å²) in [6.07, 6.45) is 4.94. The summed E-state index contributed by atoms with van der Waals surface area (Å²) in [6.45, 7) is 4.23. The van der Waals surface area contributed by atoms with E-state index in [0.29, 0.717) is 18.0 Å². The molecule has 1 atom stereocenters. The molecule has 34 heavy (non-hydrogen) atoms. The normalized spacial score (nSPS) is 20.1. The maximum Gasteiger partial charge on any atom is 0.264 e. The van der Waals surface area contributed by atoms with E-state index in [-0.39, 0.29) is 23.8 Å². The van der Waals surface area contributed by atoms with Gasteiger partial charge in [0.05, 0.1) is 25.8 Å². The van der Waals surface area contributed by atoms with Gasteiger partial charge in [-0.2, -0.15) is 0 Å². The van der Waals surface area contributed by atoms with Crippen LogP contribution in [0.25, 0.3) is 10.4 Å². The maximum atomic E-state index is 12.9. The molecule has 9 heteroatoms. The Morgan fingerprint density at radius 3 is 2.85 bits per heavy atom. The van der Waals surface area contributed by atoms with Crippen LogP contribution in [-0.4, -0.2) is 53.9 Å². The van der Waals surface area contributed by atoms with Crippen molar-refractivity contribution < 1.29 is 9.59 Å². The van der Waals surface area contributed by atoms with E-state index in [4.69, 9.17) is 0 Å². The van der Waals surface area contributed by atoms with Crippen molar-refractivity contribution in [2.24, 2.45) is 0 Å². The molecule has 2 amide bonds. The molecule has 2 aromatic heterocycles. The number of nitrogens with one attached hydrogen (secondary N) is 3. The number of likely N-dealkylation sites (tertiary alicyclic amines) is 1. The van der Waals surface area contributed by atoms with Gasteiger partial charge >= 0.3 is 0 Å². The number of fused-ring (bicyclic) bond motifs is 1. The standard InChI is InChI=1S/C25H27N5O2S2/c31-23(19-2-1-8-27-19)29-22-6-5-20(33-22)25(32)30-13-18(14-30)24-28-12-21(34-24)16-4-3-15-7-9-26-11-17(15)10-16/h3-6,10,12,18-19,26-27H,1-2,7-9,11,13-14H2,(H,29,31)/t19-/m0/s1. The first-order chi connectivity index (χ1) is 16.6. The van der Waals surface area contributed by atoms with E-state index >= 15 is 0 Å². The zero-order valence-electron chi connectivity index (χ0n) is 18.8. The number of thiazole rings is 1. The summed E-state index contributed by atoms with van der Waals surface area (Å²) >= 11 is 3.08. The van der Waals surface area contributed by atoms with Gasteiger partial charge in [0.2, 0.25) is 5.91 Å². The average molecular weight is 494 g/mol. The van der Waals surface area contributed by atoms with Crippen LogP contribution >= 0.6 is 22.7 Å². The predicted octanol–water partition coefficient (Wildman–Crippen LogP) is 3.45. The number of carbonyl (C=O) groups is 2. The lowest BCUT2D eigenvalue weighted by molar-refractivity contribution is -0.117. The minimum Gasteiger partial charge on any atom is -0.336 e. The van der Waals surface area contributed by atoms with Gasteiger partial charge in [0.1, 0.15) is 0 Å². The number of thiophene rings is 1. The van der Waals surface area contributed by atoms with E-state index in [9.17, 15) is 9.59 Å². The predicted molar refractivity (Wildman–Crippen MR) is 136 cm³/mol. The fourth-order valence-electron chi connectivity index (χ4n) is 4.84. The summed E-state index contributed by atoms with van der Waals surface area (Å²) in [5.41, 5.74) is 4.04. The summed E-state index contributed by atoms with van der Waals surface area (Å²) in [5, 5.41) is 11.4. The molecule has 3 aliphatic rings. The summed E-state index contributed by atoms with van der Waals surface area (Å²) in [4.78, 5) is 33.6. The van der Waals surface area contributed by atoms with Gasteiger partial charge in [-0.15, -0.1) is 22.7 Å². The third-order valence-corrected chi connectivity index (χ3v) is 9.06. The molecule has 176 valence electrons. The molecule has 6 rings (SSSR count). The summed E-state index contributed by atoms with van der Waals surface area (Å²) in [5.74, 6) is 0.298. The minimum absolute atomic E-state index is 0.0165. The quantitative estimate of drug-likeness (QED) is 0.507. The van der Waals surface area contributed by atoms with Crippen LogP contribution in [0.4, 0.5) is 5.00 Å². The summed E-state index contributed by atoms with van der Waals surface area (Å²) in [7, 11) is 0. The maximum absolute atomic E-state index is 12.9. The van der Waals surface area contributed by atoms with Crippen LogP contribution in [-0.2, 0) is 17.8 Å². The lowest BCUT2D eigenvalue weighted by Crippen LogP contribution is -2.48. The van der Waals surface area contributed by atoms with Gasteiger partial charge in [-0.05, 0) is 67.2 Å². The first kappa shape index (κ1) is 21.9.